The highest BCUT2D eigenvalue weighted by molar-refractivity contribution is 7.89. The number of hydrogen-bond donors (Lipinski definition) is 0. The molecule has 0 saturated heterocycles. The zero-order valence-corrected chi connectivity index (χ0v) is 18.0. The summed E-state index contributed by atoms with van der Waals surface area (Å²) < 4.78 is 54.3. The van der Waals surface area contributed by atoms with E-state index in [9.17, 15) is 12.8 Å². The van der Waals surface area contributed by atoms with E-state index in [0.29, 0.717) is 18.6 Å². The molecule has 0 aliphatic carbocycles. The quantitative estimate of drug-likeness (QED) is 0.597. The number of hydrogen-bond acceptors (Lipinski definition) is 4. The summed E-state index contributed by atoms with van der Waals surface area (Å²) in [5, 5.41) is 0. The average molecular weight is 442 g/mol. The van der Waals surface area contributed by atoms with E-state index in [0.717, 1.165) is 11.1 Å². The smallest absolute Gasteiger partial charge is 0.247 e. The van der Waals surface area contributed by atoms with Gasteiger partial charge in [0.1, 0.15) is 16.5 Å². The molecule has 1 unspecified atom stereocenters. The third-order valence-electron chi connectivity index (χ3n) is 5.44. The van der Waals surface area contributed by atoms with Crippen LogP contribution in [-0.2, 0) is 34.3 Å². The summed E-state index contributed by atoms with van der Waals surface area (Å²) in [5.74, 6) is -0.142. The Bertz CT molecular complexity index is 1150. The number of ether oxygens (including phenoxy) is 2. The fourth-order valence-electron chi connectivity index (χ4n) is 3.85. The molecule has 4 rings (SSSR count). The second kappa shape index (κ2) is 9.18. The van der Waals surface area contributed by atoms with Crippen molar-refractivity contribution in [1.82, 2.24) is 4.31 Å². The Hall–Kier alpha value is -2.74. The van der Waals surface area contributed by atoms with Crippen LogP contribution in [0, 0.1) is 5.82 Å². The lowest BCUT2D eigenvalue weighted by Crippen LogP contribution is -2.45. The lowest BCUT2D eigenvalue weighted by atomic mass is 10.0. The molecule has 1 atom stereocenters. The Balaban J connectivity index is 1.80. The summed E-state index contributed by atoms with van der Waals surface area (Å²) in [6, 6.07) is 20.1. The molecule has 0 amide bonds. The van der Waals surface area contributed by atoms with Gasteiger partial charge >= 0.3 is 0 Å². The van der Waals surface area contributed by atoms with Gasteiger partial charge in [-0.15, -0.1) is 0 Å². The van der Waals surface area contributed by atoms with E-state index >= 15 is 0 Å². The number of benzene rings is 3. The van der Waals surface area contributed by atoms with Gasteiger partial charge in [0, 0.05) is 6.54 Å². The molecule has 0 N–H and O–H groups in total. The highest BCUT2D eigenvalue weighted by Crippen LogP contribution is 2.31. The van der Waals surface area contributed by atoms with Crippen LogP contribution in [0.15, 0.2) is 77.7 Å². The minimum atomic E-state index is -3.96. The number of para-hydroxylation sites is 1. The van der Waals surface area contributed by atoms with Crippen molar-refractivity contribution in [2.24, 2.45) is 0 Å². The van der Waals surface area contributed by atoms with Crippen molar-refractivity contribution < 1.29 is 22.3 Å². The Labute approximate surface area is 182 Å². The maximum absolute atomic E-state index is 14.0. The number of rotatable bonds is 5. The molecule has 0 bridgehead atoms. The first-order chi connectivity index (χ1) is 15.0. The Kier molecular flexibility index (Phi) is 6.36. The number of fused-ring (bicyclic) bond motifs is 1. The third kappa shape index (κ3) is 4.63. The normalized spacial score (nSPS) is 17.4. The molecule has 0 fully saturated rings. The predicted molar refractivity (Wildman–Crippen MR) is 116 cm³/mol. The van der Waals surface area contributed by atoms with Gasteiger partial charge in [-0.2, -0.15) is 4.31 Å². The Morgan fingerprint density at radius 2 is 1.77 bits per heavy atom. The molecule has 3 aromatic carbocycles. The molecule has 162 valence electrons. The van der Waals surface area contributed by atoms with Crippen molar-refractivity contribution in [3.8, 4) is 5.75 Å². The number of nitrogens with zero attached hydrogens (tertiary/aromatic N) is 1. The van der Waals surface area contributed by atoms with Crippen LogP contribution in [0.25, 0.3) is 0 Å². The van der Waals surface area contributed by atoms with Crippen molar-refractivity contribution in [2.45, 2.75) is 30.5 Å². The molecule has 0 radical (unpaired) electrons. The van der Waals surface area contributed by atoms with Gasteiger partial charge in [0.05, 0.1) is 26.4 Å². The van der Waals surface area contributed by atoms with Gasteiger partial charge in [-0.3, -0.25) is 0 Å². The van der Waals surface area contributed by atoms with Crippen LogP contribution in [0.2, 0.25) is 0 Å². The van der Waals surface area contributed by atoms with E-state index in [2.05, 4.69) is 0 Å². The first-order valence-corrected chi connectivity index (χ1v) is 11.5. The summed E-state index contributed by atoms with van der Waals surface area (Å²) in [5.41, 5.74) is 2.37. The van der Waals surface area contributed by atoms with E-state index < -0.39 is 21.9 Å². The summed E-state index contributed by atoms with van der Waals surface area (Å²) >= 11 is 0. The van der Waals surface area contributed by atoms with Gasteiger partial charge in [0.15, 0.2) is 0 Å². The highest BCUT2D eigenvalue weighted by atomic mass is 32.2. The van der Waals surface area contributed by atoms with Crippen molar-refractivity contribution in [1.29, 1.82) is 0 Å². The predicted octanol–water partition coefficient (Wildman–Crippen LogP) is 4.17. The van der Waals surface area contributed by atoms with E-state index in [-0.39, 0.29) is 23.8 Å². The highest BCUT2D eigenvalue weighted by Gasteiger charge is 2.35. The van der Waals surface area contributed by atoms with E-state index in [4.69, 9.17) is 9.47 Å². The number of methoxy groups -OCH3 is 1. The number of halogens is 1. The van der Waals surface area contributed by atoms with Gasteiger partial charge in [0.25, 0.3) is 0 Å². The summed E-state index contributed by atoms with van der Waals surface area (Å²) in [4.78, 5) is 0.0779. The summed E-state index contributed by atoms with van der Waals surface area (Å²) in [7, 11) is -2.52. The minimum Gasteiger partial charge on any atom is -0.495 e. The fourth-order valence-corrected chi connectivity index (χ4v) is 5.60. The number of sulfonamides is 1. The van der Waals surface area contributed by atoms with Crippen LogP contribution in [0.5, 0.6) is 5.75 Å². The molecule has 3 aromatic rings. The van der Waals surface area contributed by atoms with Gasteiger partial charge in [-0.25, -0.2) is 12.8 Å². The summed E-state index contributed by atoms with van der Waals surface area (Å²) in [6.45, 7) is 0.581. The maximum atomic E-state index is 14.0. The SMILES string of the molecule is COc1ccccc1S(=O)(=O)N1Cc2cc(F)ccc2COCC1Cc1ccccc1. The van der Waals surface area contributed by atoms with Crippen molar-refractivity contribution in [3.05, 3.63) is 95.3 Å². The molecule has 0 saturated carbocycles. The van der Waals surface area contributed by atoms with Gasteiger partial charge in [0.2, 0.25) is 10.0 Å². The molecule has 31 heavy (non-hydrogen) atoms. The van der Waals surface area contributed by atoms with Gasteiger partial charge in [-0.1, -0.05) is 48.5 Å². The van der Waals surface area contributed by atoms with Crippen LogP contribution >= 0.6 is 0 Å². The van der Waals surface area contributed by atoms with E-state index in [1.165, 1.54) is 29.6 Å². The van der Waals surface area contributed by atoms with Crippen LogP contribution < -0.4 is 4.74 Å². The largest absolute Gasteiger partial charge is 0.495 e. The minimum absolute atomic E-state index is 0.0499. The second-order valence-electron chi connectivity index (χ2n) is 7.47. The van der Waals surface area contributed by atoms with Crippen LogP contribution in [0.1, 0.15) is 16.7 Å². The zero-order chi connectivity index (χ0) is 21.8. The molecule has 1 aliphatic heterocycles. The summed E-state index contributed by atoms with van der Waals surface area (Å²) in [6.07, 6.45) is 0.472. The molecular weight excluding hydrogens is 417 g/mol. The molecule has 0 spiro atoms. The van der Waals surface area contributed by atoms with Crippen LogP contribution in [0.4, 0.5) is 4.39 Å². The fraction of sp³-hybridized carbons (Fsp3) is 0.250. The van der Waals surface area contributed by atoms with Gasteiger partial charge < -0.3 is 9.47 Å². The lowest BCUT2D eigenvalue weighted by molar-refractivity contribution is 0.0672. The monoisotopic (exact) mass is 441 g/mol. The molecule has 1 aliphatic rings. The lowest BCUT2D eigenvalue weighted by Gasteiger charge is -2.34. The molecule has 5 nitrogen and oxygen atoms in total. The van der Waals surface area contributed by atoms with Crippen LogP contribution in [-0.4, -0.2) is 32.5 Å². The zero-order valence-electron chi connectivity index (χ0n) is 17.2. The molecular formula is C24H24FNO4S. The first-order valence-electron chi connectivity index (χ1n) is 10.0. The maximum Gasteiger partial charge on any atom is 0.247 e. The van der Waals surface area contributed by atoms with Crippen molar-refractivity contribution in [2.75, 3.05) is 13.7 Å². The van der Waals surface area contributed by atoms with E-state index in [1.807, 2.05) is 30.3 Å². The molecule has 1 heterocycles. The van der Waals surface area contributed by atoms with Gasteiger partial charge in [-0.05, 0) is 47.4 Å². The molecule has 0 aromatic heterocycles. The standard InChI is InChI=1S/C24H24FNO4S/c1-29-23-9-5-6-10-24(23)31(27,28)26-15-20-14-21(25)12-11-19(20)16-30-17-22(26)13-18-7-3-2-4-8-18/h2-12,14,22H,13,15-17H2,1H3. The van der Waals surface area contributed by atoms with Crippen molar-refractivity contribution >= 4 is 10.0 Å². The second-order valence-corrected chi connectivity index (χ2v) is 9.33. The topological polar surface area (TPSA) is 55.8 Å². The molecule has 7 heteroatoms. The van der Waals surface area contributed by atoms with E-state index in [1.54, 1.807) is 24.3 Å². The average Bonchev–Trinajstić information content (AvgIpc) is 2.77. The third-order valence-corrected chi connectivity index (χ3v) is 7.38. The Morgan fingerprint density at radius 3 is 2.55 bits per heavy atom. The first kappa shape index (κ1) is 21.5. The Morgan fingerprint density at radius 1 is 1.03 bits per heavy atom. The van der Waals surface area contributed by atoms with Crippen LogP contribution in [0.3, 0.4) is 0 Å². The van der Waals surface area contributed by atoms with Crippen molar-refractivity contribution in [3.63, 3.8) is 0 Å².